The largest absolute Gasteiger partial charge is 0.366 e. The van der Waals surface area contributed by atoms with Crippen LogP contribution in [-0.2, 0) is 4.79 Å². The molecule has 1 aromatic rings. The lowest BCUT2D eigenvalue weighted by molar-refractivity contribution is -0.114. The number of benzene rings is 1. The highest BCUT2D eigenvalue weighted by molar-refractivity contribution is 5.92. The fourth-order valence-electron chi connectivity index (χ4n) is 1.92. The summed E-state index contributed by atoms with van der Waals surface area (Å²) in [5.74, 6) is -0.348. The number of nitrogens with zero attached hydrogens (tertiary/aromatic N) is 1. The molecule has 1 aliphatic heterocycles. The minimum atomic E-state index is -0.348. The summed E-state index contributed by atoms with van der Waals surface area (Å²) in [6.45, 7) is 2.69. The maximum Gasteiger partial charge on any atom is 0.246 e. The molecule has 0 fully saturated rings. The third-order valence-corrected chi connectivity index (χ3v) is 3.02. The second kappa shape index (κ2) is 4.87. The van der Waals surface area contributed by atoms with Gasteiger partial charge in [0, 0.05) is 12.1 Å². The van der Waals surface area contributed by atoms with Crippen LogP contribution in [0.1, 0.15) is 18.5 Å². The van der Waals surface area contributed by atoms with E-state index in [-0.39, 0.29) is 11.9 Å². The fourth-order valence-corrected chi connectivity index (χ4v) is 1.92. The monoisotopic (exact) mass is 228 g/mol. The Hall–Kier alpha value is -2.03. The van der Waals surface area contributed by atoms with Gasteiger partial charge in [-0.15, -0.1) is 0 Å². The van der Waals surface area contributed by atoms with Gasteiger partial charge in [0.1, 0.15) is 0 Å². The number of hydrogen-bond donors (Lipinski definition) is 1. The normalized spacial score (nSPS) is 16.5. The van der Waals surface area contributed by atoms with Crippen molar-refractivity contribution in [2.45, 2.75) is 13.0 Å². The fraction of sp³-hybridized carbons (Fsp3) is 0.214. The van der Waals surface area contributed by atoms with Gasteiger partial charge in [-0.1, -0.05) is 36.4 Å². The number of amides is 1. The highest BCUT2D eigenvalue weighted by Crippen LogP contribution is 2.23. The number of carbonyl (C=O) groups excluding carboxylic acids is 1. The summed E-state index contributed by atoms with van der Waals surface area (Å²) in [5.41, 5.74) is 7.17. The molecule has 3 nitrogen and oxygen atoms in total. The topological polar surface area (TPSA) is 46.3 Å². The van der Waals surface area contributed by atoms with Gasteiger partial charge in [-0.05, 0) is 24.8 Å². The molecule has 0 spiro atoms. The second-order valence-electron chi connectivity index (χ2n) is 4.16. The first-order chi connectivity index (χ1) is 8.18. The van der Waals surface area contributed by atoms with Gasteiger partial charge in [0.05, 0.1) is 6.04 Å². The minimum absolute atomic E-state index is 0.232. The zero-order valence-electron chi connectivity index (χ0n) is 9.84. The van der Waals surface area contributed by atoms with Crippen LogP contribution in [0.3, 0.4) is 0 Å². The van der Waals surface area contributed by atoms with Crippen molar-refractivity contribution in [1.29, 1.82) is 0 Å². The number of allylic oxidation sites excluding steroid dienone is 2. The van der Waals surface area contributed by atoms with Crippen molar-refractivity contribution in [2.24, 2.45) is 5.73 Å². The lowest BCUT2D eigenvalue weighted by Gasteiger charge is -2.30. The molecular formula is C14H16N2O. The van der Waals surface area contributed by atoms with E-state index in [9.17, 15) is 4.79 Å². The Morgan fingerprint density at radius 3 is 2.71 bits per heavy atom. The smallest absolute Gasteiger partial charge is 0.246 e. The van der Waals surface area contributed by atoms with Crippen LogP contribution in [-0.4, -0.2) is 17.4 Å². The van der Waals surface area contributed by atoms with Crippen LogP contribution in [0, 0.1) is 0 Å². The van der Waals surface area contributed by atoms with Gasteiger partial charge in [-0.2, -0.15) is 0 Å². The molecule has 0 aliphatic carbocycles. The van der Waals surface area contributed by atoms with Crippen LogP contribution in [0.4, 0.5) is 0 Å². The average molecular weight is 228 g/mol. The van der Waals surface area contributed by atoms with Gasteiger partial charge in [0.15, 0.2) is 0 Å². The lowest BCUT2D eigenvalue weighted by atomic mass is 10.0. The summed E-state index contributed by atoms with van der Waals surface area (Å²) >= 11 is 0. The van der Waals surface area contributed by atoms with Crippen molar-refractivity contribution in [1.82, 2.24) is 4.90 Å². The van der Waals surface area contributed by atoms with Crippen LogP contribution in [0.2, 0.25) is 0 Å². The Bertz CT molecular complexity index is 462. The molecule has 0 radical (unpaired) electrons. The van der Waals surface area contributed by atoms with Crippen LogP contribution < -0.4 is 5.73 Å². The van der Waals surface area contributed by atoms with E-state index in [1.54, 1.807) is 6.08 Å². The standard InChI is InChI=1S/C14H16N2O/c1-11(12-6-3-2-4-7-12)16-9-5-8-13(10-16)14(15)17/h2-9,11H,10H2,1H3,(H2,15,17). The van der Waals surface area contributed by atoms with Crippen molar-refractivity contribution >= 4 is 5.91 Å². The number of hydrogen-bond acceptors (Lipinski definition) is 2. The van der Waals surface area contributed by atoms with E-state index in [1.807, 2.05) is 30.5 Å². The highest BCUT2D eigenvalue weighted by atomic mass is 16.1. The van der Waals surface area contributed by atoms with E-state index >= 15 is 0 Å². The summed E-state index contributed by atoms with van der Waals surface area (Å²) in [6, 6.07) is 10.4. The maximum absolute atomic E-state index is 11.2. The van der Waals surface area contributed by atoms with E-state index < -0.39 is 0 Å². The Balaban J connectivity index is 2.13. The van der Waals surface area contributed by atoms with Crippen molar-refractivity contribution in [3.63, 3.8) is 0 Å². The Morgan fingerprint density at radius 2 is 2.06 bits per heavy atom. The van der Waals surface area contributed by atoms with Crippen LogP contribution in [0.25, 0.3) is 0 Å². The van der Waals surface area contributed by atoms with Gasteiger partial charge in [-0.25, -0.2) is 0 Å². The predicted molar refractivity (Wildman–Crippen MR) is 68.0 cm³/mol. The van der Waals surface area contributed by atoms with Gasteiger partial charge in [-0.3, -0.25) is 4.79 Å². The Labute approximate surface area is 101 Å². The quantitative estimate of drug-likeness (QED) is 0.860. The predicted octanol–water partition coefficient (Wildman–Crippen LogP) is 1.99. The van der Waals surface area contributed by atoms with Crippen molar-refractivity contribution in [2.75, 3.05) is 6.54 Å². The Morgan fingerprint density at radius 1 is 1.35 bits per heavy atom. The zero-order chi connectivity index (χ0) is 12.3. The summed E-state index contributed by atoms with van der Waals surface area (Å²) in [4.78, 5) is 13.3. The number of carbonyl (C=O) groups is 1. The highest BCUT2D eigenvalue weighted by Gasteiger charge is 2.17. The van der Waals surface area contributed by atoms with E-state index in [0.717, 1.165) is 0 Å². The number of nitrogens with two attached hydrogens (primary N) is 1. The van der Waals surface area contributed by atoms with E-state index in [2.05, 4.69) is 24.0 Å². The lowest BCUT2D eigenvalue weighted by Crippen LogP contribution is -2.30. The second-order valence-corrected chi connectivity index (χ2v) is 4.16. The summed E-state index contributed by atoms with van der Waals surface area (Å²) in [7, 11) is 0. The van der Waals surface area contributed by atoms with Crippen LogP contribution >= 0.6 is 0 Å². The molecule has 1 heterocycles. The third kappa shape index (κ3) is 2.56. The molecule has 1 unspecified atom stereocenters. The molecule has 1 amide bonds. The van der Waals surface area contributed by atoms with Gasteiger partial charge in [0.25, 0.3) is 0 Å². The first-order valence-electron chi connectivity index (χ1n) is 5.66. The SMILES string of the molecule is CC(c1ccccc1)N1C=CC=C(C(N)=O)C1. The molecule has 0 saturated heterocycles. The summed E-state index contributed by atoms with van der Waals surface area (Å²) in [6.07, 6.45) is 5.63. The van der Waals surface area contributed by atoms with E-state index in [0.29, 0.717) is 12.1 Å². The van der Waals surface area contributed by atoms with E-state index in [4.69, 9.17) is 5.73 Å². The maximum atomic E-state index is 11.2. The van der Waals surface area contributed by atoms with Crippen LogP contribution in [0.15, 0.2) is 54.3 Å². The molecule has 1 atom stereocenters. The van der Waals surface area contributed by atoms with E-state index in [1.165, 1.54) is 5.56 Å². The first-order valence-corrected chi connectivity index (χ1v) is 5.66. The molecule has 2 rings (SSSR count). The molecule has 0 bridgehead atoms. The molecule has 1 aromatic carbocycles. The Kier molecular flexibility index (Phi) is 3.28. The van der Waals surface area contributed by atoms with Gasteiger partial charge < -0.3 is 10.6 Å². The molecule has 2 N–H and O–H groups in total. The van der Waals surface area contributed by atoms with Crippen molar-refractivity contribution in [3.8, 4) is 0 Å². The molecule has 0 aromatic heterocycles. The molecule has 0 saturated carbocycles. The molecule has 1 aliphatic rings. The number of rotatable bonds is 3. The molecule has 3 heteroatoms. The van der Waals surface area contributed by atoms with Gasteiger partial charge in [0.2, 0.25) is 5.91 Å². The first kappa shape index (κ1) is 11.5. The summed E-state index contributed by atoms with van der Waals surface area (Å²) in [5, 5.41) is 0. The minimum Gasteiger partial charge on any atom is -0.366 e. The van der Waals surface area contributed by atoms with Gasteiger partial charge >= 0.3 is 0 Å². The molecular weight excluding hydrogens is 212 g/mol. The average Bonchev–Trinajstić information content (AvgIpc) is 2.39. The molecule has 17 heavy (non-hydrogen) atoms. The van der Waals surface area contributed by atoms with Crippen molar-refractivity contribution in [3.05, 3.63) is 59.8 Å². The third-order valence-electron chi connectivity index (χ3n) is 3.02. The van der Waals surface area contributed by atoms with Crippen molar-refractivity contribution < 1.29 is 4.79 Å². The summed E-state index contributed by atoms with van der Waals surface area (Å²) < 4.78 is 0. The van der Waals surface area contributed by atoms with Crippen LogP contribution in [0.5, 0.6) is 0 Å². The molecule has 88 valence electrons. The zero-order valence-corrected chi connectivity index (χ0v) is 9.84. The number of primary amides is 1.